The normalized spacial score (nSPS) is 14.3. The monoisotopic (exact) mass is 413 g/mol. The van der Waals surface area contributed by atoms with Crippen LogP contribution in [0.1, 0.15) is 78.9 Å². The Balaban J connectivity index is 0.00000300. The van der Waals surface area contributed by atoms with Gasteiger partial charge >= 0.3 is 0 Å². The average Bonchev–Trinajstić information content (AvgIpc) is 3.00. The van der Waals surface area contributed by atoms with Gasteiger partial charge < -0.3 is 0 Å². The van der Waals surface area contributed by atoms with Crippen molar-refractivity contribution in [2.24, 2.45) is 10.8 Å². The predicted octanol–water partition coefficient (Wildman–Crippen LogP) is 6.08. The first-order valence-electron chi connectivity index (χ1n) is 9.98. The first-order chi connectivity index (χ1) is 12.9. The number of carbonyl (C=O) groups excluding carboxylic acids is 2. The zero-order valence-electron chi connectivity index (χ0n) is 18.3. The van der Waals surface area contributed by atoms with Gasteiger partial charge in [0.1, 0.15) is 0 Å². The fourth-order valence-corrected chi connectivity index (χ4v) is 3.60. The first kappa shape index (κ1) is 23.3. The number of nitrogens with zero attached hydrogens (tertiary/aromatic N) is 1. The highest BCUT2D eigenvalue weighted by atomic mass is 35.5. The van der Waals surface area contributed by atoms with E-state index in [4.69, 9.17) is 0 Å². The van der Waals surface area contributed by atoms with E-state index in [2.05, 4.69) is 29.2 Å². The standard InChI is InChI=1S/C25H31NO2.ClH/c1-24(2,3)22(27)18-9-7-17(8-10-18)14-26-15-20-12-11-19(13-21(20)16-26)23(28)25(4,5)6;/h7-13H,14-16H2,1-6H3;1H. The topological polar surface area (TPSA) is 37.4 Å². The molecule has 0 aromatic heterocycles. The number of hydrogen-bond donors (Lipinski definition) is 0. The molecule has 1 aliphatic rings. The maximum atomic E-state index is 12.6. The Morgan fingerprint density at radius 1 is 0.759 bits per heavy atom. The lowest BCUT2D eigenvalue weighted by atomic mass is 9.86. The zero-order valence-corrected chi connectivity index (χ0v) is 19.2. The van der Waals surface area contributed by atoms with E-state index in [1.54, 1.807) is 0 Å². The van der Waals surface area contributed by atoms with Crippen molar-refractivity contribution in [3.05, 3.63) is 70.3 Å². The smallest absolute Gasteiger partial charge is 0.168 e. The second-order valence-electron chi connectivity index (χ2n) is 9.98. The zero-order chi connectivity index (χ0) is 20.7. The van der Waals surface area contributed by atoms with Crippen LogP contribution in [0.2, 0.25) is 0 Å². The van der Waals surface area contributed by atoms with Crippen molar-refractivity contribution in [3.63, 3.8) is 0 Å². The van der Waals surface area contributed by atoms with E-state index < -0.39 is 0 Å². The Labute approximate surface area is 180 Å². The lowest BCUT2D eigenvalue weighted by molar-refractivity contribution is 0.0852. The molecule has 1 aliphatic heterocycles. The third kappa shape index (κ3) is 5.34. The summed E-state index contributed by atoms with van der Waals surface area (Å²) < 4.78 is 0. The fourth-order valence-electron chi connectivity index (χ4n) is 3.60. The molecule has 156 valence electrons. The molecule has 0 saturated heterocycles. The van der Waals surface area contributed by atoms with Gasteiger partial charge in [0.25, 0.3) is 0 Å². The number of rotatable bonds is 4. The molecule has 0 saturated carbocycles. The van der Waals surface area contributed by atoms with Gasteiger partial charge in [0.2, 0.25) is 0 Å². The van der Waals surface area contributed by atoms with E-state index in [0.29, 0.717) is 0 Å². The van der Waals surface area contributed by atoms with E-state index >= 15 is 0 Å². The largest absolute Gasteiger partial charge is 0.294 e. The van der Waals surface area contributed by atoms with Gasteiger partial charge in [-0.3, -0.25) is 14.5 Å². The van der Waals surface area contributed by atoms with Crippen LogP contribution in [-0.4, -0.2) is 16.5 Å². The molecule has 0 atom stereocenters. The molecule has 29 heavy (non-hydrogen) atoms. The third-order valence-corrected chi connectivity index (χ3v) is 5.24. The lowest BCUT2D eigenvalue weighted by Crippen LogP contribution is -2.20. The maximum Gasteiger partial charge on any atom is 0.168 e. The Morgan fingerprint density at radius 3 is 1.79 bits per heavy atom. The molecular formula is C25H32ClNO2. The molecule has 3 nitrogen and oxygen atoms in total. The van der Waals surface area contributed by atoms with Crippen molar-refractivity contribution in [2.75, 3.05) is 0 Å². The molecule has 0 N–H and O–H groups in total. The number of ketones is 2. The number of fused-ring (bicyclic) bond motifs is 1. The third-order valence-electron chi connectivity index (χ3n) is 5.24. The summed E-state index contributed by atoms with van der Waals surface area (Å²) in [4.78, 5) is 27.3. The van der Waals surface area contributed by atoms with E-state index in [9.17, 15) is 9.59 Å². The molecule has 0 fully saturated rings. The van der Waals surface area contributed by atoms with Crippen LogP contribution in [0.4, 0.5) is 0 Å². The van der Waals surface area contributed by atoms with Gasteiger partial charge in [-0.15, -0.1) is 12.4 Å². The van der Waals surface area contributed by atoms with Crippen LogP contribution in [0, 0.1) is 10.8 Å². The Bertz CT molecular complexity index is 902. The van der Waals surface area contributed by atoms with Gasteiger partial charge in [0, 0.05) is 41.6 Å². The molecule has 4 heteroatoms. The summed E-state index contributed by atoms with van der Waals surface area (Å²) in [5.41, 5.74) is 4.59. The first-order valence-corrected chi connectivity index (χ1v) is 9.98. The van der Waals surface area contributed by atoms with Crippen molar-refractivity contribution in [3.8, 4) is 0 Å². The van der Waals surface area contributed by atoms with E-state index in [1.165, 1.54) is 16.7 Å². The molecule has 0 radical (unpaired) electrons. The number of carbonyl (C=O) groups is 2. The van der Waals surface area contributed by atoms with Crippen LogP contribution >= 0.6 is 12.4 Å². The minimum Gasteiger partial charge on any atom is -0.294 e. The highest BCUT2D eigenvalue weighted by molar-refractivity contribution is 6.00. The Kier molecular flexibility index (Phi) is 6.76. The van der Waals surface area contributed by atoms with Crippen LogP contribution in [0.3, 0.4) is 0 Å². The van der Waals surface area contributed by atoms with Crippen LogP contribution < -0.4 is 0 Å². The van der Waals surface area contributed by atoms with Crippen LogP contribution in [0.15, 0.2) is 42.5 Å². The number of Topliss-reactive ketones (excluding diaryl/α,β-unsaturated/α-hetero) is 2. The molecule has 0 bridgehead atoms. The second kappa shape index (κ2) is 8.41. The lowest BCUT2D eigenvalue weighted by Gasteiger charge is -2.18. The van der Waals surface area contributed by atoms with Crippen LogP contribution in [-0.2, 0) is 19.6 Å². The molecular weight excluding hydrogens is 382 g/mol. The summed E-state index contributed by atoms with van der Waals surface area (Å²) in [5, 5.41) is 0. The predicted molar refractivity (Wildman–Crippen MR) is 121 cm³/mol. The fraction of sp³-hybridized carbons (Fsp3) is 0.440. The molecule has 0 aliphatic carbocycles. The highest BCUT2D eigenvalue weighted by Gasteiger charge is 2.26. The summed E-state index contributed by atoms with van der Waals surface area (Å²) in [5.74, 6) is 0.358. The summed E-state index contributed by atoms with van der Waals surface area (Å²) in [7, 11) is 0. The van der Waals surface area contributed by atoms with Crippen LogP contribution in [0.5, 0.6) is 0 Å². The van der Waals surface area contributed by atoms with Crippen molar-refractivity contribution in [2.45, 2.75) is 61.2 Å². The van der Waals surface area contributed by atoms with Gasteiger partial charge in [-0.25, -0.2) is 0 Å². The summed E-state index contributed by atoms with van der Waals surface area (Å²) >= 11 is 0. The molecule has 0 unspecified atom stereocenters. The molecule has 2 aromatic rings. The van der Waals surface area contributed by atoms with Gasteiger partial charge in [-0.05, 0) is 22.8 Å². The van der Waals surface area contributed by atoms with E-state index in [0.717, 1.165) is 30.8 Å². The number of halogens is 1. The summed E-state index contributed by atoms with van der Waals surface area (Å²) in [6.07, 6.45) is 0. The summed E-state index contributed by atoms with van der Waals surface area (Å²) in [6.45, 7) is 14.3. The average molecular weight is 414 g/mol. The second-order valence-corrected chi connectivity index (χ2v) is 9.98. The van der Waals surface area contributed by atoms with Crippen molar-refractivity contribution < 1.29 is 9.59 Å². The number of hydrogen-bond acceptors (Lipinski definition) is 3. The van der Waals surface area contributed by atoms with Crippen molar-refractivity contribution in [1.29, 1.82) is 0 Å². The van der Waals surface area contributed by atoms with E-state index in [-0.39, 0.29) is 34.8 Å². The van der Waals surface area contributed by atoms with Crippen molar-refractivity contribution >= 4 is 24.0 Å². The summed E-state index contributed by atoms with van der Waals surface area (Å²) in [6, 6.07) is 14.1. The highest BCUT2D eigenvalue weighted by Crippen LogP contribution is 2.29. The van der Waals surface area contributed by atoms with Gasteiger partial charge in [0.05, 0.1) is 0 Å². The van der Waals surface area contributed by atoms with Gasteiger partial charge in [-0.2, -0.15) is 0 Å². The SMILES string of the molecule is CC(C)(C)C(=O)c1ccc(CN2Cc3ccc(C(=O)C(C)(C)C)cc3C2)cc1.Cl. The molecule has 2 aromatic carbocycles. The molecule has 1 heterocycles. The van der Waals surface area contributed by atoms with Gasteiger partial charge in [-0.1, -0.05) is 77.9 Å². The van der Waals surface area contributed by atoms with Crippen molar-refractivity contribution in [1.82, 2.24) is 4.90 Å². The minimum absolute atomic E-state index is 0. The van der Waals surface area contributed by atoms with E-state index in [1.807, 2.05) is 59.7 Å². The molecule has 0 amide bonds. The Morgan fingerprint density at radius 2 is 1.24 bits per heavy atom. The van der Waals surface area contributed by atoms with Gasteiger partial charge in [0.15, 0.2) is 11.6 Å². The molecule has 3 rings (SSSR count). The Hall–Kier alpha value is -1.97. The van der Waals surface area contributed by atoms with Crippen LogP contribution in [0.25, 0.3) is 0 Å². The molecule has 0 spiro atoms. The quantitative estimate of drug-likeness (QED) is 0.570. The minimum atomic E-state index is -0.362. The number of benzene rings is 2. The maximum absolute atomic E-state index is 12.6.